The summed E-state index contributed by atoms with van der Waals surface area (Å²) in [6.45, 7) is 2.13. The predicted octanol–water partition coefficient (Wildman–Crippen LogP) is 1.53. The first-order chi connectivity index (χ1) is 7.16. The van der Waals surface area contributed by atoms with Crippen LogP contribution in [-0.4, -0.2) is 17.2 Å². The highest BCUT2D eigenvalue weighted by molar-refractivity contribution is 5.35. The van der Waals surface area contributed by atoms with Crippen molar-refractivity contribution in [2.75, 3.05) is 0 Å². The molecule has 0 aliphatic carbocycles. The maximum atomic E-state index is 9.75. The quantitative estimate of drug-likeness (QED) is 0.653. The van der Waals surface area contributed by atoms with Crippen molar-refractivity contribution >= 4 is 0 Å². The van der Waals surface area contributed by atoms with Crippen LogP contribution in [0.5, 0.6) is 5.75 Å². The number of hydrogen-bond donors (Lipinski definition) is 3. The van der Waals surface area contributed by atoms with Crippen LogP contribution < -0.4 is 11.1 Å². The number of phenols is 1. The molecule has 3 atom stereocenters. The van der Waals surface area contributed by atoms with E-state index in [1.54, 1.807) is 6.07 Å². The van der Waals surface area contributed by atoms with Gasteiger partial charge in [-0.25, -0.2) is 0 Å². The SMILES string of the molecule is C[C@H]1C[C@H](N)C[C@@H](c2ccccc2O)N1. The lowest BCUT2D eigenvalue weighted by atomic mass is 9.90. The fourth-order valence-corrected chi connectivity index (χ4v) is 2.33. The van der Waals surface area contributed by atoms with E-state index in [0.717, 1.165) is 18.4 Å². The Bertz CT molecular complexity index is 330. The van der Waals surface area contributed by atoms with Gasteiger partial charge in [-0.15, -0.1) is 0 Å². The maximum absolute atomic E-state index is 9.75. The molecule has 0 amide bonds. The number of nitrogens with one attached hydrogen (secondary N) is 1. The Morgan fingerprint density at radius 2 is 2.07 bits per heavy atom. The standard InChI is InChI=1S/C12H18N2O/c1-8-6-9(13)7-11(14-8)10-4-2-3-5-12(10)15/h2-5,8-9,11,14-15H,6-7,13H2,1H3/t8-,9-,11-/m0/s1. The molecule has 3 heteroatoms. The number of aromatic hydroxyl groups is 1. The van der Waals surface area contributed by atoms with Crippen LogP contribution in [0.2, 0.25) is 0 Å². The van der Waals surface area contributed by atoms with Crippen LogP contribution >= 0.6 is 0 Å². The number of para-hydroxylation sites is 1. The third kappa shape index (κ3) is 2.30. The summed E-state index contributed by atoms with van der Waals surface area (Å²) in [4.78, 5) is 0. The normalized spacial score (nSPS) is 31.5. The molecular weight excluding hydrogens is 188 g/mol. The van der Waals surface area contributed by atoms with Crippen LogP contribution in [0.25, 0.3) is 0 Å². The molecule has 2 rings (SSSR count). The van der Waals surface area contributed by atoms with Crippen LogP contribution in [0.4, 0.5) is 0 Å². The van der Waals surface area contributed by atoms with Crippen molar-refractivity contribution in [2.45, 2.75) is 37.9 Å². The molecule has 1 aliphatic heterocycles. The molecule has 1 heterocycles. The minimum absolute atomic E-state index is 0.185. The Morgan fingerprint density at radius 3 is 2.73 bits per heavy atom. The summed E-state index contributed by atoms with van der Waals surface area (Å²) in [5, 5.41) is 13.2. The minimum atomic E-state index is 0.185. The number of hydrogen-bond acceptors (Lipinski definition) is 3. The van der Waals surface area contributed by atoms with Gasteiger partial charge in [0.2, 0.25) is 0 Å². The molecule has 0 saturated carbocycles. The summed E-state index contributed by atoms with van der Waals surface area (Å²) in [6.07, 6.45) is 1.89. The Morgan fingerprint density at radius 1 is 1.33 bits per heavy atom. The first-order valence-electron chi connectivity index (χ1n) is 5.46. The van der Waals surface area contributed by atoms with Gasteiger partial charge in [0, 0.05) is 23.7 Å². The van der Waals surface area contributed by atoms with Crippen molar-refractivity contribution in [1.82, 2.24) is 5.32 Å². The first-order valence-corrected chi connectivity index (χ1v) is 5.46. The molecule has 0 unspecified atom stereocenters. The Balaban J connectivity index is 2.20. The van der Waals surface area contributed by atoms with E-state index in [-0.39, 0.29) is 12.1 Å². The third-order valence-electron chi connectivity index (χ3n) is 2.99. The Kier molecular flexibility index (Phi) is 2.93. The molecule has 4 N–H and O–H groups in total. The largest absolute Gasteiger partial charge is 0.508 e. The van der Waals surface area contributed by atoms with E-state index in [9.17, 15) is 5.11 Å². The van der Waals surface area contributed by atoms with E-state index < -0.39 is 0 Å². The molecule has 1 aliphatic rings. The monoisotopic (exact) mass is 206 g/mol. The fraction of sp³-hybridized carbons (Fsp3) is 0.500. The van der Waals surface area contributed by atoms with Crippen LogP contribution in [0.1, 0.15) is 31.4 Å². The van der Waals surface area contributed by atoms with Gasteiger partial charge in [0.1, 0.15) is 5.75 Å². The van der Waals surface area contributed by atoms with Gasteiger partial charge in [-0.1, -0.05) is 18.2 Å². The summed E-state index contributed by atoms with van der Waals surface area (Å²) >= 11 is 0. The Hall–Kier alpha value is -1.06. The van der Waals surface area contributed by atoms with Crippen LogP contribution in [0.15, 0.2) is 24.3 Å². The van der Waals surface area contributed by atoms with Crippen molar-refractivity contribution in [1.29, 1.82) is 0 Å². The number of rotatable bonds is 1. The minimum Gasteiger partial charge on any atom is -0.508 e. The van der Waals surface area contributed by atoms with Gasteiger partial charge in [0.15, 0.2) is 0 Å². The maximum Gasteiger partial charge on any atom is 0.120 e. The lowest BCUT2D eigenvalue weighted by molar-refractivity contribution is 0.301. The molecule has 0 bridgehead atoms. The zero-order valence-corrected chi connectivity index (χ0v) is 8.98. The molecule has 1 fully saturated rings. The molecule has 0 aromatic heterocycles. The topological polar surface area (TPSA) is 58.3 Å². The molecule has 15 heavy (non-hydrogen) atoms. The van der Waals surface area contributed by atoms with Crippen molar-refractivity contribution < 1.29 is 5.11 Å². The van der Waals surface area contributed by atoms with E-state index in [1.807, 2.05) is 18.2 Å². The van der Waals surface area contributed by atoms with Crippen molar-refractivity contribution in [2.24, 2.45) is 5.73 Å². The highest BCUT2D eigenvalue weighted by Crippen LogP contribution is 2.30. The smallest absolute Gasteiger partial charge is 0.120 e. The van der Waals surface area contributed by atoms with Gasteiger partial charge < -0.3 is 16.2 Å². The van der Waals surface area contributed by atoms with E-state index >= 15 is 0 Å². The number of nitrogens with two attached hydrogens (primary N) is 1. The van der Waals surface area contributed by atoms with Crippen molar-refractivity contribution in [3.63, 3.8) is 0 Å². The summed E-state index contributed by atoms with van der Waals surface area (Å²) in [6, 6.07) is 8.29. The van der Waals surface area contributed by atoms with E-state index in [1.165, 1.54) is 0 Å². The van der Waals surface area contributed by atoms with E-state index in [4.69, 9.17) is 5.73 Å². The molecule has 1 saturated heterocycles. The second-order valence-corrected chi connectivity index (χ2v) is 4.41. The molecule has 3 nitrogen and oxygen atoms in total. The lowest BCUT2D eigenvalue weighted by Crippen LogP contribution is -2.44. The first kappa shape index (κ1) is 10.5. The lowest BCUT2D eigenvalue weighted by Gasteiger charge is -2.33. The van der Waals surface area contributed by atoms with Gasteiger partial charge in [0.25, 0.3) is 0 Å². The zero-order valence-electron chi connectivity index (χ0n) is 8.98. The van der Waals surface area contributed by atoms with Gasteiger partial charge in [0.05, 0.1) is 0 Å². The summed E-state index contributed by atoms with van der Waals surface area (Å²) < 4.78 is 0. The van der Waals surface area contributed by atoms with Gasteiger partial charge >= 0.3 is 0 Å². The van der Waals surface area contributed by atoms with Crippen LogP contribution in [0.3, 0.4) is 0 Å². The highest BCUT2D eigenvalue weighted by Gasteiger charge is 2.25. The summed E-state index contributed by atoms with van der Waals surface area (Å²) in [5.41, 5.74) is 6.94. The molecule has 1 aromatic rings. The van der Waals surface area contributed by atoms with E-state index in [0.29, 0.717) is 11.8 Å². The second kappa shape index (κ2) is 4.21. The molecule has 0 radical (unpaired) electrons. The van der Waals surface area contributed by atoms with Gasteiger partial charge in [-0.2, -0.15) is 0 Å². The summed E-state index contributed by atoms with van der Waals surface area (Å²) in [7, 11) is 0. The van der Waals surface area contributed by atoms with Crippen molar-refractivity contribution in [3.8, 4) is 5.75 Å². The number of phenolic OH excluding ortho intramolecular Hbond substituents is 1. The fourth-order valence-electron chi connectivity index (χ4n) is 2.33. The second-order valence-electron chi connectivity index (χ2n) is 4.41. The number of benzene rings is 1. The van der Waals surface area contributed by atoms with Gasteiger partial charge in [-0.05, 0) is 25.8 Å². The van der Waals surface area contributed by atoms with Gasteiger partial charge in [-0.3, -0.25) is 0 Å². The van der Waals surface area contributed by atoms with Crippen LogP contribution in [-0.2, 0) is 0 Å². The third-order valence-corrected chi connectivity index (χ3v) is 2.99. The summed E-state index contributed by atoms with van der Waals surface area (Å²) in [5.74, 6) is 0.358. The molecule has 1 aromatic carbocycles. The Labute approximate surface area is 90.3 Å². The average Bonchev–Trinajstić information content (AvgIpc) is 2.16. The number of piperidine rings is 1. The average molecular weight is 206 g/mol. The predicted molar refractivity (Wildman–Crippen MR) is 60.7 cm³/mol. The van der Waals surface area contributed by atoms with Crippen molar-refractivity contribution in [3.05, 3.63) is 29.8 Å². The van der Waals surface area contributed by atoms with E-state index in [2.05, 4.69) is 12.2 Å². The zero-order chi connectivity index (χ0) is 10.8. The molecular formula is C12H18N2O. The van der Waals surface area contributed by atoms with Crippen LogP contribution in [0, 0.1) is 0 Å². The highest BCUT2D eigenvalue weighted by atomic mass is 16.3. The molecule has 82 valence electrons. The molecule has 0 spiro atoms.